The van der Waals surface area contributed by atoms with E-state index in [9.17, 15) is 4.79 Å². The topological polar surface area (TPSA) is 121 Å². The van der Waals surface area contributed by atoms with Gasteiger partial charge in [0.05, 0.1) is 0 Å². The van der Waals surface area contributed by atoms with E-state index < -0.39 is 12.0 Å². The molecule has 0 aliphatic rings. The summed E-state index contributed by atoms with van der Waals surface area (Å²) in [5.41, 5.74) is 6.12. The third-order valence-corrected chi connectivity index (χ3v) is 1.71. The Balaban J connectivity index is 0.000000673. The van der Waals surface area contributed by atoms with E-state index in [4.69, 9.17) is 25.8 Å². The fraction of sp³-hybridized carbons (Fsp3) is 0.200. The van der Waals surface area contributed by atoms with E-state index in [0.29, 0.717) is 0 Å². The second kappa shape index (κ2) is 7.24. The van der Waals surface area contributed by atoms with Crippen molar-refractivity contribution in [3.8, 4) is 5.75 Å². The van der Waals surface area contributed by atoms with Crippen molar-refractivity contribution in [2.24, 2.45) is 5.73 Å². The molecule has 0 radical (unpaired) electrons. The normalized spacial score (nSPS) is 10.8. The van der Waals surface area contributed by atoms with Gasteiger partial charge >= 0.3 is 5.97 Å². The van der Waals surface area contributed by atoms with Crippen molar-refractivity contribution in [1.29, 1.82) is 0 Å². The van der Waals surface area contributed by atoms with E-state index >= 15 is 0 Å². The molecule has 6 nitrogen and oxygen atoms in total. The molecule has 16 heavy (non-hydrogen) atoms. The van der Waals surface area contributed by atoms with Crippen LogP contribution in [0.5, 0.6) is 5.75 Å². The van der Waals surface area contributed by atoms with Gasteiger partial charge in [0.1, 0.15) is 11.8 Å². The van der Waals surface area contributed by atoms with Crippen LogP contribution in [0.1, 0.15) is 5.56 Å². The van der Waals surface area contributed by atoms with Gasteiger partial charge in [0.25, 0.3) is 6.47 Å². The van der Waals surface area contributed by atoms with Crippen LogP contribution in [0.15, 0.2) is 24.3 Å². The second-order valence-corrected chi connectivity index (χ2v) is 2.92. The molecule has 6 heteroatoms. The van der Waals surface area contributed by atoms with Crippen LogP contribution in [0.2, 0.25) is 0 Å². The van der Waals surface area contributed by atoms with Crippen LogP contribution in [0.4, 0.5) is 0 Å². The number of carbonyl (C=O) groups is 2. The number of rotatable bonds is 3. The molecule has 0 saturated carbocycles. The molecule has 1 aromatic carbocycles. The minimum Gasteiger partial charge on any atom is -0.508 e. The molecular formula is C10H13NO5. The fourth-order valence-corrected chi connectivity index (χ4v) is 0.973. The molecule has 0 heterocycles. The third-order valence-electron chi connectivity index (χ3n) is 1.71. The van der Waals surface area contributed by atoms with Gasteiger partial charge in [-0.05, 0) is 24.1 Å². The van der Waals surface area contributed by atoms with Crippen LogP contribution in [0.25, 0.3) is 0 Å². The van der Waals surface area contributed by atoms with Crippen molar-refractivity contribution in [1.82, 2.24) is 0 Å². The maximum atomic E-state index is 10.4. The van der Waals surface area contributed by atoms with Gasteiger partial charge in [0.2, 0.25) is 0 Å². The molecule has 0 amide bonds. The Morgan fingerprint density at radius 2 is 1.81 bits per heavy atom. The van der Waals surface area contributed by atoms with Crippen molar-refractivity contribution in [2.75, 3.05) is 0 Å². The van der Waals surface area contributed by atoms with Gasteiger partial charge in [-0.15, -0.1) is 0 Å². The largest absolute Gasteiger partial charge is 0.508 e. The SMILES string of the molecule is N[C@H](Cc1ccc(O)cc1)C(=O)O.O=CO. The maximum absolute atomic E-state index is 10.4. The molecule has 0 aliphatic carbocycles. The Labute approximate surface area is 91.9 Å². The van der Waals surface area contributed by atoms with Gasteiger partial charge in [0.15, 0.2) is 0 Å². The highest BCUT2D eigenvalue weighted by Gasteiger charge is 2.11. The predicted molar refractivity (Wildman–Crippen MR) is 56.1 cm³/mol. The highest BCUT2D eigenvalue weighted by atomic mass is 16.4. The Morgan fingerprint density at radius 3 is 2.19 bits per heavy atom. The Hall–Kier alpha value is -2.08. The highest BCUT2D eigenvalue weighted by molar-refractivity contribution is 5.73. The van der Waals surface area contributed by atoms with E-state index in [1.807, 2.05) is 0 Å². The third kappa shape index (κ3) is 5.61. The Morgan fingerprint density at radius 1 is 1.38 bits per heavy atom. The monoisotopic (exact) mass is 227 g/mol. The van der Waals surface area contributed by atoms with Crippen molar-refractivity contribution in [3.05, 3.63) is 29.8 Å². The summed E-state index contributed by atoms with van der Waals surface area (Å²) in [6.45, 7) is -0.250. The highest BCUT2D eigenvalue weighted by Crippen LogP contribution is 2.10. The van der Waals surface area contributed by atoms with Crippen molar-refractivity contribution >= 4 is 12.4 Å². The first-order valence-corrected chi connectivity index (χ1v) is 4.35. The lowest BCUT2D eigenvalue weighted by Gasteiger charge is -2.05. The van der Waals surface area contributed by atoms with Crippen LogP contribution in [-0.4, -0.2) is 33.8 Å². The van der Waals surface area contributed by atoms with E-state index in [2.05, 4.69) is 0 Å². The molecule has 5 N–H and O–H groups in total. The summed E-state index contributed by atoms with van der Waals surface area (Å²) in [5.74, 6) is -0.860. The number of hydrogen-bond acceptors (Lipinski definition) is 4. The van der Waals surface area contributed by atoms with Crippen molar-refractivity contribution in [3.63, 3.8) is 0 Å². The predicted octanol–water partition coefficient (Wildman–Crippen LogP) is 0.0474. The number of benzene rings is 1. The molecule has 0 spiro atoms. The van der Waals surface area contributed by atoms with Gasteiger partial charge in [-0.25, -0.2) is 0 Å². The van der Waals surface area contributed by atoms with Gasteiger partial charge in [-0.3, -0.25) is 9.59 Å². The quantitative estimate of drug-likeness (QED) is 0.541. The van der Waals surface area contributed by atoms with E-state index in [1.165, 1.54) is 12.1 Å². The summed E-state index contributed by atoms with van der Waals surface area (Å²) >= 11 is 0. The zero-order valence-corrected chi connectivity index (χ0v) is 8.41. The number of aliphatic carboxylic acids is 1. The summed E-state index contributed by atoms with van der Waals surface area (Å²) in [6, 6.07) is 5.42. The first kappa shape index (κ1) is 13.9. The molecule has 88 valence electrons. The summed E-state index contributed by atoms with van der Waals surface area (Å²) in [7, 11) is 0. The van der Waals surface area contributed by atoms with Crippen LogP contribution < -0.4 is 5.73 Å². The van der Waals surface area contributed by atoms with Crippen LogP contribution in [-0.2, 0) is 16.0 Å². The summed E-state index contributed by atoms with van der Waals surface area (Å²) in [6.07, 6.45) is 0.273. The maximum Gasteiger partial charge on any atom is 0.320 e. The standard InChI is InChI=1S/C9H11NO3.CH2O2/c10-8(9(12)13)5-6-1-3-7(11)4-2-6;2-1-3/h1-4,8,11H,5,10H2,(H,12,13);1H,(H,2,3)/t8-;/m1./s1. The molecule has 1 rings (SSSR count). The number of carboxylic acid groups (broad SMARTS) is 2. The van der Waals surface area contributed by atoms with E-state index in [0.717, 1.165) is 5.56 Å². The van der Waals surface area contributed by atoms with Crippen LogP contribution in [0.3, 0.4) is 0 Å². The van der Waals surface area contributed by atoms with E-state index in [1.54, 1.807) is 12.1 Å². The van der Waals surface area contributed by atoms with Gasteiger partial charge in [0, 0.05) is 0 Å². The zero-order chi connectivity index (χ0) is 12.6. The van der Waals surface area contributed by atoms with Gasteiger partial charge < -0.3 is 21.1 Å². The fourth-order valence-electron chi connectivity index (χ4n) is 0.973. The van der Waals surface area contributed by atoms with Gasteiger partial charge in [-0.1, -0.05) is 12.1 Å². The smallest absolute Gasteiger partial charge is 0.320 e. The molecule has 1 atom stereocenters. The Kier molecular flexibility index (Phi) is 6.30. The molecule has 0 aliphatic heterocycles. The van der Waals surface area contributed by atoms with Crippen LogP contribution >= 0.6 is 0 Å². The lowest BCUT2D eigenvalue weighted by atomic mass is 10.1. The number of nitrogens with two attached hydrogens (primary N) is 1. The molecule has 0 saturated heterocycles. The minimum atomic E-state index is -1.02. The lowest BCUT2D eigenvalue weighted by molar-refractivity contribution is -0.138. The molecule has 0 unspecified atom stereocenters. The molecule has 0 aromatic heterocycles. The summed E-state index contributed by atoms with van der Waals surface area (Å²) in [4.78, 5) is 18.8. The minimum absolute atomic E-state index is 0.160. The van der Waals surface area contributed by atoms with Crippen LogP contribution in [0, 0.1) is 0 Å². The Bertz CT molecular complexity index is 336. The molecule has 0 bridgehead atoms. The molecular weight excluding hydrogens is 214 g/mol. The number of aromatic hydroxyl groups is 1. The van der Waals surface area contributed by atoms with Crippen molar-refractivity contribution in [2.45, 2.75) is 12.5 Å². The van der Waals surface area contributed by atoms with E-state index in [-0.39, 0.29) is 18.6 Å². The second-order valence-electron chi connectivity index (χ2n) is 2.92. The zero-order valence-electron chi connectivity index (χ0n) is 8.41. The lowest BCUT2D eigenvalue weighted by Crippen LogP contribution is -2.32. The first-order chi connectivity index (χ1) is 7.51. The average Bonchev–Trinajstić information content (AvgIpc) is 2.22. The average molecular weight is 227 g/mol. The summed E-state index contributed by atoms with van der Waals surface area (Å²) < 4.78 is 0. The van der Waals surface area contributed by atoms with Gasteiger partial charge in [-0.2, -0.15) is 0 Å². The number of hydrogen-bond donors (Lipinski definition) is 4. The molecule has 1 aromatic rings. The van der Waals surface area contributed by atoms with Crippen molar-refractivity contribution < 1.29 is 24.9 Å². The number of phenolic OH excluding ortho intramolecular Hbond substituents is 1. The number of carboxylic acids is 1. The summed E-state index contributed by atoms with van der Waals surface area (Å²) in [5, 5.41) is 24.4. The first-order valence-electron chi connectivity index (χ1n) is 4.35. The number of phenols is 1. The molecule has 0 fully saturated rings.